The van der Waals surface area contributed by atoms with Crippen molar-refractivity contribution in [2.75, 3.05) is 26.6 Å². The van der Waals surface area contributed by atoms with Crippen LogP contribution in [-0.2, 0) is 4.79 Å². The Morgan fingerprint density at radius 1 is 1.17 bits per heavy atom. The number of nitrogens with zero attached hydrogens (tertiary/aromatic N) is 1. The molecular formula is C17H18N2O4. The van der Waals surface area contributed by atoms with E-state index >= 15 is 0 Å². The van der Waals surface area contributed by atoms with Gasteiger partial charge in [0.05, 0.1) is 27.0 Å². The number of amides is 1. The van der Waals surface area contributed by atoms with Crippen LogP contribution in [0.2, 0.25) is 0 Å². The van der Waals surface area contributed by atoms with Crippen LogP contribution in [0, 0.1) is 0 Å². The fourth-order valence-electron chi connectivity index (χ4n) is 2.98. The summed E-state index contributed by atoms with van der Waals surface area (Å²) in [7, 11) is 4.69. The summed E-state index contributed by atoms with van der Waals surface area (Å²) in [6.45, 7) is 0. The Morgan fingerprint density at radius 3 is 2.57 bits per heavy atom. The van der Waals surface area contributed by atoms with Gasteiger partial charge in [-0.2, -0.15) is 0 Å². The van der Waals surface area contributed by atoms with E-state index < -0.39 is 0 Å². The molecule has 1 aliphatic heterocycles. The average molecular weight is 314 g/mol. The van der Waals surface area contributed by atoms with Crippen molar-refractivity contribution < 1.29 is 19.0 Å². The first-order valence-electron chi connectivity index (χ1n) is 7.22. The van der Waals surface area contributed by atoms with E-state index in [-0.39, 0.29) is 11.8 Å². The smallest absolute Gasteiger partial charge is 0.225 e. The quantitative estimate of drug-likeness (QED) is 0.939. The maximum Gasteiger partial charge on any atom is 0.225 e. The molecular weight excluding hydrogens is 296 g/mol. The molecule has 2 heterocycles. The summed E-state index contributed by atoms with van der Waals surface area (Å²) in [6.07, 6.45) is 3.80. The molecule has 1 aliphatic rings. The second-order valence-electron chi connectivity index (χ2n) is 5.20. The molecule has 120 valence electrons. The van der Waals surface area contributed by atoms with Crippen molar-refractivity contribution in [2.24, 2.45) is 0 Å². The third kappa shape index (κ3) is 2.56. The predicted octanol–water partition coefficient (Wildman–Crippen LogP) is 2.58. The van der Waals surface area contributed by atoms with Gasteiger partial charge in [0.25, 0.3) is 0 Å². The number of ether oxygens (including phenoxy) is 3. The molecule has 1 amide bonds. The highest BCUT2D eigenvalue weighted by Gasteiger charge is 2.33. The number of benzene rings is 1. The minimum absolute atomic E-state index is 0.0550. The molecule has 0 bridgehead atoms. The van der Waals surface area contributed by atoms with Gasteiger partial charge in [0.2, 0.25) is 11.7 Å². The molecule has 1 aromatic carbocycles. The Bertz CT molecular complexity index is 731. The maximum atomic E-state index is 12.1. The first-order chi connectivity index (χ1) is 11.2. The van der Waals surface area contributed by atoms with Gasteiger partial charge in [-0.05, 0) is 11.6 Å². The van der Waals surface area contributed by atoms with E-state index in [2.05, 4.69) is 10.3 Å². The van der Waals surface area contributed by atoms with E-state index in [0.29, 0.717) is 29.4 Å². The van der Waals surface area contributed by atoms with Crippen LogP contribution in [0.3, 0.4) is 0 Å². The Balaban J connectivity index is 2.25. The zero-order valence-corrected chi connectivity index (χ0v) is 13.3. The normalized spacial score (nSPS) is 16.3. The maximum absolute atomic E-state index is 12.1. The lowest BCUT2D eigenvalue weighted by Crippen LogP contribution is -2.24. The predicted molar refractivity (Wildman–Crippen MR) is 85.4 cm³/mol. The summed E-state index contributed by atoms with van der Waals surface area (Å²) in [5.74, 6) is 1.38. The lowest BCUT2D eigenvalue weighted by Gasteiger charge is -2.29. The number of hydrogen-bond donors (Lipinski definition) is 1. The van der Waals surface area contributed by atoms with Crippen molar-refractivity contribution in [3.63, 3.8) is 0 Å². The van der Waals surface area contributed by atoms with Crippen molar-refractivity contribution in [3.05, 3.63) is 41.7 Å². The minimum atomic E-state index is -0.151. The van der Waals surface area contributed by atoms with Gasteiger partial charge in [0.15, 0.2) is 11.5 Å². The van der Waals surface area contributed by atoms with Gasteiger partial charge in [-0.15, -0.1) is 0 Å². The molecule has 1 aromatic heterocycles. The highest BCUT2D eigenvalue weighted by atomic mass is 16.5. The number of carbonyl (C=O) groups is 1. The van der Waals surface area contributed by atoms with Crippen LogP contribution in [0.1, 0.15) is 23.5 Å². The zero-order valence-electron chi connectivity index (χ0n) is 13.3. The van der Waals surface area contributed by atoms with Gasteiger partial charge in [-0.25, -0.2) is 0 Å². The van der Waals surface area contributed by atoms with Crippen LogP contribution in [-0.4, -0.2) is 32.2 Å². The number of anilines is 1. The number of pyridine rings is 1. The first-order valence-corrected chi connectivity index (χ1v) is 7.22. The second kappa shape index (κ2) is 6.16. The standard InChI is InChI=1S/C17H18N2O4/c1-21-13-8-12-15(17(23-3)16(13)22-2)11(7-14(20)19-12)10-5-4-6-18-9-10/h4-6,8-9,11H,7H2,1-3H3,(H,19,20). The van der Waals surface area contributed by atoms with E-state index in [1.165, 1.54) is 0 Å². The van der Waals surface area contributed by atoms with Gasteiger partial charge in [-0.1, -0.05) is 6.07 Å². The molecule has 0 radical (unpaired) electrons. The average Bonchev–Trinajstić information content (AvgIpc) is 2.59. The molecule has 0 spiro atoms. The number of hydrogen-bond acceptors (Lipinski definition) is 5. The molecule has 0 fully saturated rings. The summed E-state index contributed by atoms with van der Waals surface area (Å²) in [5, 5.41) is 2.89. The Hall–Kier alpha value is -2.76. The highest BCUT2D eigenvalue weighted by Crippen LogP contribution is 2.50. The number of methoxy groups -OCH3 is 3. The van der Waals surface area contributed by atoms with E-state index in [1.54, 1.807) is 39.8 Å². The fraction of sp³-hybridized carbons (Fsp3) is 0.294. The lowest BCUT2D eigenvalue weighted by molar-refractivity contribution is -0.116. The second-order valence-corrected chi connectivity index (χ2v) is 5.20. The van der Waals surface area contributed by atoms with Crippen molar-refractivity contribution >= 4 is 11.6 Å². The number of nitrogens with one attached hydrogen (secondary N) is 1. The molecule has 3 rings (SSSR count). The third-order valence-electron chi connectivity index (χ3n) is 3.97. The van der Waals surface area contributed by atoms with E-state index in [1.807, 2.05) is 12.1 Å². The van der Waals surface area contributed by atoms with Crippen LogP contribution < -0.4 is 19.5 Å². The molecule has 0 aliphatic carbocycles. The number of rotatable bonds is 4. The molecule has 6 nitrogen and oxygen atoms in total. The van der Waals surface area contributed by atoms with Gasteiger partial charge in [0, 0.05) is 36.4 Å². The summed E-state index contributed by atoms with van der Waals surface area (Å²) in [5.41, 5.74) is 2.50. The largest absolute Gasteiger partial charge is 0.493 e. The van der Waals surface area contributed by atoms with Gasteiger partial charge in [0.1, 0.15) is 0 Å². The van der Waals surface area contributed by atoms with Gasteiger partial charge in [-0.3, -0.25) is 9.78 Å². The number of aromatic nitrogens is 1. The van der Waals surface area contributed by atoms with Crippen molar-refractivity contribution in [1.82, 2.24) is 4.98 Å². The van der Waals surface area contributed by atoms with E-state index in [9.17, 15) is 4.79 Å². The van der Waals surface area contributed by atoms with Gasteiger partial charge < -0.3 is 19.5 Å². The first kappa shape index (κ1) is 15.1. The summed E-state index contributed by atoms with van der Waals surface area (Å²) < 4.78 is 16.4. The van der Waals surface area contributed by atoms with E-state index in [4.69, 9.17) is 14.2 Å². The Kier molecular flexibility index (Phi) is 4.06. The molecule has 1 N–H and O–H groups in total. The molecule has 0 saturated carbocycles. The van der Waals surface area contributed by atoms with Crippen LogP contribution in [0.15, 0.2) is 30.6 Å². The van der Waals surface area contributed by atoms with Crippen molar-refractivity contribution in [2.45, 2.75) is 12.3 Å². The summed E-state index contributed by atoms with van der Waals surface area (Å²) >= 11 is 0. The summed E-state index contributed by atoms with van der Waals surface area (Å²) in [6, 6.07) is 5.57. The fourth-order valence-corrected chi connectivity index (χ4v) is 2.98. The molecule has 23 heavy (non-hydrogen) atoms. The van der Waals surface area contributed by atoms with Gasteiger partial charge >= 0.3 is 0 Å². The molecule has 1 atom stereocenters. The minimum Gasteiger partial charge on any atom is -0.493 e. The monoisotopic (exact) mass is 314 g/mol. The molecule has 2 aromatic rings. The molecule has 1 unspecified atom stereocenters. The Morgan fingerprint density at radius 2 is 1.96 bits per heavy atom. The number of fused-ring (bicyclic) bond motifs is 1. The molecule has 0 saturated heterocycles. The van der Waals surface area contributed by atoms with Crippen LogP contribution in [0.25, 0.3) is 0 Å². The molecule has 6 heteroatoms. The third-order valence-corrected chi connectivity index (χ3v) is 3.97. The van der Waals surface area contributed by atoms with Crippen molar-refractivity contribution in [3.8, 4) is 17.2 Å². The zero-order chi connectivity index (χ0) is 16.4. The topological polar surface area (TPSA) is 69.7 Å². The van der Waals surface area contributed by atoms with Crippen molar-refractivity contribution in [1.29, 1.82) is 0 Å². The van der Waals surface area contributed by atoms with Crippen LogP contribution >= 0.6 is 0 Å². The van der Waals surface area contributed by atoms with Crippen LogP contribution in [0.5, 0.6) is 17.2 Å². The number of carbonyl (C=O) groups excluding carboxylic acids is 1. The highest BCUT2D eigenvalue weighted by molar-refractivity contribution is 5.97. The van der Waals surface area contributed by atoms with Crippen LogP contribution in [0.4, 0.5) is 5.69 Å². The Labute approximate surface area is 134 Å². The lowest BCUT2D eigenvalue weighted by atomic mass is 9.84. The summed E-state index contributed by atoms with van der Waals surface area (Å²) in [4.78, 5) is 16.3. The SMILES string of the molecule is COc1cc2c(c(OC)c1OC)C(c1cccnc1)CC(=O)N2. The van der Waals surface area contributed by atoms with E-state index in [0.717, 1.165) is 11.1 Å².